The molecule has 1 atom stereocenters. The Balaban J connectivity index is 1.94. The molecule has 0 spiro atoms. The zero-order valence-electron chi connectivity index (χ0n) is 9.89. The van der Waals surface area contributed by atoms with Gasteiger partial charge in [0.05, 0.1) is 4.92 Å². The van der Waals surface area contributed by atoms with Crippen molar-refractivity contribution in [2.24, 2.45) is 0 Å². The maximum absolute atomic E-state index is 10.9. The second-order valence-corrected chi connectivity index (χ2v) is 6.62. The monoisotopic (exact) mass is 330 g/mol. The molecule has 0 aromatic heterocycles. The van der Waals surface area contributed by atoms with Crippen LogP contribution in [0.4, 0.5) is 5.69 Å². The molecule has 1 aromatic rings. The summed E-state index contributed by atoms with van der Waals surface area (Å²) < 4.78 is 0.875. The average Bonchev–Trinajstić information content (AvgIpc) is 2.82. The third-order valence-electron chi connectivity index (χ3n) is 2.95. The smallest absolute Gasteiger partial charge is 0.273 e. The van der Waals surface area contributed by atoms with E-state index in [1.807, 2.05) is 17.8 Å². The molecule has 0 amide bonds. The van der Waals surface area contributed by atoms with Gasteiger partial charge in [0, 0.05) is 34.4 Å². The topological polar surface area (TPSA) is 55.2 Å². The summed E-state index contributed by atoms with van der Waals surface area (Å²) in [7, 11) is 0. The number of nitro groups is 1. The summed E-state index contributed by atoms with van der Waals surface area (Å²) in [5.41, 5.74) is 0.919. The lowest BCUT2D eigenvalue weighted by Crippen LogP contribution is -2.23. The molecule has 4 nitrogen and oxygen atoms in total. The highest BCUT2D eigenvalue weighted by Crippen LogP contribution is 2.26. The Kier molecular flexibility index (Phi) is 5.03. The average molecular weight is 331 g/mol. The molecule has 1 aromatic carbocycles. The fourth-order valence-electron chi connectivity index (χ4n) is 2.05. The van der Waals surface area contributed by atoms with Crippen molar-refractivity contribution in [1.29, 1.82) is 0 Å². The minimum atomic E-state index is -0.326. The molecule has 1 unspecified atom stereocenters. The number of nitrogens with one attached hydrogen (secondary N) is 1. The molecular weight excluding hydrogens is 316 g/mol. The zero-order valence-corrected chi connectivity index (χ0v) is 12.3. The second-order valence-electron chi connectivity index (χ2n) is 4.30. The Bertz CT molecular complexity index is 436. The van der Waals surface area contributed by atoms with Crippen molar-refractivity contribution in [3.8, 4) is 0 Å². The lowest BCUT2D eigenvalue weighted by atomic mass is 10.2. The second kappa shape index (κ2) is 6.54. The van der Waals surface area contributed by atoms with Gasteiger partial charge in [-0.25, -0.2) is 0 Å². The Morgan fingerprint density at radius 3 is 3.06 bits per heavy atom. The largest absolute Gasteiger partial charge is 0.311 e. The van der Waals surface area contributed by atoms with Crippen LogP contribution in [0.15, 0.2) is 22.7 Å². The van der Waals surface area contributed by atoms with Crippen LogP contribution in [0, 0.1) is 10.1 Å². The SMILES string of the molecule is O=[N+]([O-])c1ccc(Br)cc1CNCC1CCCS1. The molecule has 1 heterocycles. The maximum Gasteiger partial charge on any atom is 0.273 e. The summed E-state index contributed by atoms with van der Waals surface area (Å²) in [5.74, 6) is 1.24. The van der Waals surface area contributed by atoms with E-state index in [1.165, 1.54) is 18.6 Å². The number of halogens is 1. The van der Waals surface area contributed by atoms with E-state index < -0.39 is 0 Å². The normalized spacial score (nSPS) is 19.1. The Morgan fingerprint density at radius 1 is 1.56 bits per heavy atom. The van der Waals surface area contributed by atoms with Crippen molar-refractivity contribution in [1.82, 2.24) is 5.32 Å². The summed E-state index contributed by atoms with van der Waals surface area (Å²) in [6.45, 7) is 1.47. The number of hydrogen-bond acceptors (Lipinski definition) is 4. The van der Waals surface area contributed by atoms with Gasteiger partial charge in [-0.15, -0.1) is 0 Å². The minimum Gasteiger partial charge on any atom is -0.311 e. The number of hydrogen-bond donors (Lipinski definition) is 1. The first-order valence-electron chi connectivity index (χ1n) is 5.92. The molecule has 0 radical (unpaired) electrons. The van der Waals surface area contributed by atoms with Crippen LogP contribution in [0.5, 0.6) is 0 Å². The standard InChI is InChI=1S/C12H15BrN2O2S/c13-10-3-4-12(15(16)17)9(6-10)7-14-8-11-2-1-5-18-11/h3-4,6,11,14H,1-2,5,7-8H2. The Labute approximate surface area is 119 Å². The van der Waals surface area contributed by atoms with Crippen LogP contribution >= 0.6 is 27.7 Å². The van der Waals surface area contributed by atoms with Gasteiger partial charge in [0.25, 0.3) is 5.69 Å². The van der Waals surface area contributed by atoms with Crippen molar-refractivity contribution >= 4 is 33.4 Å². The van der Waals surface area contributed by atoms with E-state index in [-0.39, 0.29) is 10.6 Å². The number of thioether (sulfide) groups is 1. The molecule has 1 fully saturated rings. The summed E-state index contributed by atoms with van der Waals surface area (Å²) in [6.07, 6.45) is 2.53. The third-order valence-corrected chi connectivity index (χ3v) is 4.84. The Morgan fingerprint density at radius 2 is 2.39 bits per heavy atom. The zero-order chi connectivity index (χ0) is 13.0. The van der Waals surface area contributed by atoms with Gasteiger partial charge in [-0.1, -0.05) is 15.9 Å². The lowest BCUT2D eigenvalue weighted by molar-refractivity contribution is -0.385. The van der Waals surface area contributed by atoms with Gasteiger partial charge < -0.3 is 5.32 Å². The highest BCUT2D eigenvalue weighted by molar-refractivity contribution is 9.10. The van der Waals surface area contributed by atoms with Crippen molar-refractivity contribution in [3.63, 3.8) is 0 Å². The van der Waals surface area contributed by atoms with E-state index in [1.54, 1.807) is 12.1 Å². The molecule has 1 aliphatic heterocycles. The van der Waals surface area contributed by atoms with E-state index in [4.69, 9.17) is 0 Å². The highest BCUT2D eigenvalue weighted by atomic mass is 79.9. The highest BCUT2D eigenvalue weighted by Gasteiger charge is 2.17. The number of nitro benzene ring substituents is 1. The van der Waals surface area contributed by atoms with Crippen LogP contribution < -0.4 is 5.32 Å². The van der Waals surface area contributed by atoms with E-state index in [0.717, 1.165) is 16.6 Å². The van der Waals surface area contributed by atoms with Crippen molar-refractivity contribution < 1.29 is 4.92 Å². The van der Waals surface area contributed by atoms with Crippen LogP contribution in [0.2, 0.25) is 0 Å². The van der Waals surface area contributed by atoms with Crippen LogP contribution in [-0.2, 0) is 6.54 Å². The third kappa shape index (κ3) is 3.70. The fourth-order valence-corrected chi connectivity index (χ4v) is 3.69. The van der Waals surface area contributed by atoms with Crippen molar-refractivity contribution in [2.45, 2.75) is 24.6 Å². The van der Waals surface area contributed by atoms with Gasteiger partial charge in [-0.2, -0.15) is 11.8 Å². The van der Waals surface area contributed by atoms with E-state index >= 15 is 0 Å². The van der Waals surface area contributed by atoms with Gasteiger partial charge in [-0.3, -0.25) is 10.1 Å². The van der Waals surface area contributed by atoms with E-state index in [0.29, 0.717) is 11.8 Å². The van der Waals surface area contributed by atoms with Crippen molar-refractivity contribution in [3.05, 3.63) is 38.3 Å². The molecule has 2 rings (SSSR count). The fraction of sp³-hybridized carbons (Fsp3) is 0.500. The summed E-state index contributed by atoms with van der Waals surface area (Å²) >= 11 is 5.33. The first-order valence-corrected chi connectivity index (χ1v) is 7.76. The molecule has 98 valence electrons. The molecule has 1 N–H and O–H groups in total. The molecular formula is C12H15BrN2O2S. The molecule has 0 aliphatic carbocycles. The molecule has 18 heavy (non-hydrogen) atoms. The molecule has 0 saturated carbocycles. The molecule has 1 aliphatic rings. The van der Waals surface area contributed by atoms with Gasteiger partial charge in [0.15, 0.2) is 0 Å². The number of rotatable bonds is 5. The molecule has 1 saturated heterocycles. The van der Waals surface area contributed by atoms with Crippen LogP contribution in [0.1, 0.15) is 18.4 Å². The Hall–Kier alpha value is -0.590. The number of benzene rings is 1. The van der Waals surface area contributed by atoms with Gasteiger partial charge in [-0.05, 0) is 30.7 Å². The molecule has 6 heteroatoms. The first kappa shape index (κ1) is 13.8. The first-order chi connectivity index (χ1) is 8.66. The van der Waals surface area contributed by atoms with Gasteiger partial charge in [0.2, 0.25) is 0 Å². The molecule has 0 bridgehead atoms. The summed E-state index contributed by atoms with van der Waals surface area (Å²) in [4.78, 5) is 10.6. The predicted octanol–water partition coefficient (Wildman–Crippen LogP) is 3.34. The van der Waals surface area contributed by atoms with Crippen LogP contribution in [0.3, 0.4) is 0 Å². The predicted molar refractivity (Wildman–Crippen MR) is 78.0 cm³/mol. The maximum atomic E-state index is 10.9. The van der Waals surface area contributed by atoms with Crippen LogP contribution in [-0.4, -0.2) is 22.5 Å². The lowest BCUT2D eigenvalue weighted by Gasteiger charge is -2.10. The van der Waals surface area contributed by atoms with E-state index in [2.05, 4.69) is 21.2 Å². The van der Waals surface area contributed by atoms with Gasteiger partial charge >= 0.3 is 0 Å². The number of nitrogens with zero attached hydrogens (tertiary/aromatic N) is 1. The van der Waals surface area contributed by atoms with Gasteiger partial charge in [0.1, 0.15) is 0 Å². The summed E-state index contributed by atoms with van der Waals surface area (Å²) in [6, 6.07) is 5.06. The van der Waals surface area contributed by atoms with Crippen molar-refractivity contribution in [2.75, 3.05) is 12.3 Å². The van der Waals surface area contributed by atoms with E-state index in [9.17, 15) is 10.1 Å². The quantitative estimate of drug-likeness (QED) is 0.664. The minimum absolute atomic E-state index is 0.185. The van der Waals surface area contributed by atoms with Crippen LogP contribution in [0.25, 0.3) is 0 Å². The summed E-state index contributed by atoms with van der Waals surface area (Å²) in [5, 5.41) is 14.9.